The molecule has 0 aliphatic carbocycles. The lowest BCUT2D eigenvalue weighted by Gasteiger charge is -2.19. The van der Waals surface area contributed by atoms with Crippen molar-refractivity contribution in [3.63, 3.8) is 0 Å². The molecule has 1 aromatic rings. The molecule has 0 saturated carbocycles. The molecule has 0 saturated heterocycles. The highest BCUT2D eigenvalue weighted by molar-refractivity contribution is 14.0. The number of halogens is 2. The third kappa shape index (κ3) is 6.81. The van der Waals surface area contributed by atoms with Crippen molar-refractivity contribution in [3.8, 4) is 5.75 Å². The van der Waals surface area contributed by atoms with E-state index in [1.807, 2.05) is 13.0 Å². The van der Waals surface area contributed by atoms with Crippen LogP contribution in [0.5, 0.6) is 5.75 Å². The first-order valence-electron chi connectivity index (χ1n) is 8.20. The Kier molecular flexibility index (Phi) is 9.81. The fourth-order valence-corrected chi connectivity index (χ4v) is 2.57. The molecule has 25 heavy (non-hydrogen) atoms. The summed E-state index contributed by atoms with van der Waals surface area (Å²) in [5, 5.41) is 6.57. The molecule has 140 valence electrons. The summed E-state index contributed by atoms with van der Waals surface area (Å²) in [4.78, 5) is 4.22. The number of aliphatic imine (C=N–C) groups is 1. The lowest BCUT2D eigenvalue weighted by Crippen LogP contribution is -2.39. The van der Waals surface area contributed by atoms with Crippen LogP contribution in [0.1, 0.15) is 31.4 Å². The van der Waals surface area contributed by atoms with Gasteiger partial charge in [0.2, 0.25) is 0 Å². The lowest BCUT2D eigenvalue weighted by atomic mass is 10.1. The van der Waals surface area contributed by atoms with Crippen molar-refractivity contribution in [2.24, 2.45) is 4.99 Å². The van der Waals surface area contributed by atoms with Crippen molar-refractivity contribution in [1.82, 2.24) is 10.6 Å². The predicted molar refractivity (Wildman–Crippen MR) is 109 cm³/mol. The Bertz CT molecular complexity index is 608. The first kappa shape index (κ1) is 21.7. The Morgan fingerprint density at radius 2 is 2.24 bits per heavy atom. The number of hydrogen-bond acceptors (Lipinski definition) is 3. The zero-order valence-electron chi connectivity index (χ0n) is 15.0. The number of rotatable bonds is 6. The van der Waals surface area contributed by atoms with Gasteiger partial charge in [-0.2, -0.15) is 0 Å². The zero-order valence-corrected chi connectivity index (χ0v) is 17.3. The van der Waals surface area contributed by atoms with E-state index < -0.39 is 0 Å². The first-order valence-corrected chi connectivity index (χ1v) is 8.20. The normalized spacial score (nSPS) is 15.7. The number of guanidine groups is 1. The van der Waals surface area contributed by atoms with Crippen LogP contribution in [0.25, 0.3) is 0 Å². The van der Waals surface area contributed by atoms with Crippen LogP contribution in [-0.4, -0.2) is 39.9 Å². The fraction of sp³-hybridized carbons (Fsp3) is 0.500. The maximum atomic E-state index is 13.8. The second-order valence-corrected chi connectivity index (χ2v) is 5.70. The van der Waals surface area contributed by atoms with Crippen molar-refractivity contribution in [1.29, 1.82) is 0 Å². The predicted octanol–water partition coefficient (Wildman–Crippen LogP) is 3.42. The van der Waals surface area contributed by atoms with Gasteiger partial charge >= 0.3 is 0 Å². The van der Waals surface area contributed by atoms with Crippen molar-refractivity contribution in [2.45, 2.75) is 25.8 Å². The largest absolute Gasteiger partial charge is 0.494 e. The highest BCUT2D eigenvalue weighted by Crippen LogP contribution is 2.21. The van der Waals surface area contributed by atoms with E-state index in [1.54, 1.807) is 13.1 Å². The number of hydrogen-bond donors (Lipinski definition) is 2. The molecule has 1 aliphatic rings. The average molecular weight is 463 g/mol. The van der Waals surface area contributed by atoms with Crippen molar-refractivity contribution >= 4 is 29.9 Å². The molecule has 1 aliphatic heterocycles. The zero-order chi connectivity index (χ0) is 17.4. The van der Waals surface area contributed by atoms with Gasteiger partial charge in [0, 0.05) is 13.6 Å². The van der Waals surface area contributed by atoms with Crippen LogP contribution in [-0.2, 0) is 4.74 Å². The van der Waals surface area contributed by atoms with Gasteiger partial charge in [-0.05, 0) is 37.5 Å². The molecule has 1 heterocycles. The van der Waals surface area contributed by atoms with Gasteiger partial charge in [-0.1, -0.05) is 17.7 Å². The molecule has 1 unspecified atom stereocenters. The average Bonchev–Trinajstić information content (AvgIpc) is 2.61. The van der Waals surface area contributed by atoms with Gasteiger partial charge in [-0.25, -0.2) is 4.39 Å². The first-order chi connectivity index (χ1) is 11.6. The van der Waals surface area contributed by atoms with Gasteiger partial charge in [0.05, 0.1) is 26.4 Å². The Balaban J connectivity index is 0.00000312. The third-order valence-corrected chi connectivity index (χ3v) is 4.05. The van der Waals surface area contributed by atoms with E-state index in [0.29, 0.717) is 12.6 Å². The van der Waals surface area contributed by atoms with E-state index in [-0.39, 0.29) is 41.6 Å². The van der Waals surface area contributed by atoms with Crippen LogP contribution in [0.4, 0.5) is 4.39 Å². The minimum Gasteiger partial charge on any atom is -0.494 e. The van der Waals surface area contributed by atoms with Gasteiger partial charge in [-0.3, -0.25) is 4.99 Å². The number of nitrogens with one attached hydrogen (secondary N) is 2. The Morgan fingerprint density at radius 3 is 2.84 bits per heavy atom. The summed E-state index contributed by atoms with van der Waals surface area (Å²) in [5.41, 5.74) is 2.25. The quantitative estimate of drug-likeness (QED) is 0.294. The van der Waals surface area contributed by atoms with Crippen LogP contribution < -0.4 is 15.4 Å². The van der Waals surface area contributed by atoms with Crippen LogP contribution in [0.15, 0.2) is 34.8 Å². The van der Waals surface area contributed by atoms with E-state index in [2.05, 4.69) is 21.7 Å². The summed E-state index contributed by atoms with van der Waals surface area (Å²) >= 11 is 0. The van der Waals surface area contributed by atoms with Gasteiger partial charge < -0.3 is 20.1 Å². The Morgan fingerprint density at radius 1 is 1.44 bits per heavy atom. The molecule has 0 radical (unpaired) electrons. The molecular formula is C18H27FIN3O2. The Labute approximate surface area is 166 Å². The topological polar surface area (TPSA) is 54.9 Å². The van der Waals surface area contributed by atoms with Gasteiger partial charge in [0.15, 0.2) is 17.5 Å². The van der Waals surface area contributed by atoms with Gasteiger partial charge in [0.1, 0.15) is 0 Å². The van der Waals surface area contributed by atoms with E-state index in [4.69, 9.17) is 9.47 Å². The highest BCUT2D eigenvalue weighted by Gasteiger charge is 2.11. The van der Waals surface area contributed by atoms with Crippen LogP contribution >= 0.6 is 24.0 Å². The molecule has 5 nitrogen and oxygen atoms in total. The fourth-order valence-electron chi connectivity index (χ4n) is 2.57. The monoisotopic (exact) mass is 463 g/mol. The summed E-state index contributed by atoms with van der Waals surface area (Å²) < 4.78 is 24.1. The molecule has 0 amide bonds. The van der Waals surface area contributed by atoms with Gasteiger partial charge in [0.25, 0.3) is 0 Å². The second-order valence-electron chi connectivity index (χ2n) is 5.70. The highest BCUT2D eigenvalue weighted by atomic mass is 127. The van der Waals surface area contributed by atoms with Crippen molar-refractivity contribution in [3.05, 3.63) is 41.2 Å². The van der Waals surface area contributed by atoms with E-state index >= 15 is 0 Å². The minimum atomic E-state index is -0.363. The molecule has 0 fully saturated rings. The molecule has 0 spiro atoms. The van der Waals surface area contributed by atoms with Crippen LogP contribution in [0.3, 0.4) is 0 Å². The molecule has 1 atom stereocenters. The Hall–Kier alpha value is -1.35. The molecule has 7 heteroatoms. The smallest absolute Gasteiger partial charge is 0.191 e. The van der Waals surface area contributed by atoms with E-state index in [1.165, 1.54) is 18.7 Å². The van der Waals surface area contributed by atoms with E-state index in [9.17, 15) is 4.39 Å². The number of methoxy groups -OCH3 is 1. The van der Waals surface area contributed by atoms with Crippen molar-refractivity contribution in [2.75, 3.05) is 33.9 Å². The molecule has 0 bridgehead atoms. The molecular weight excluding hydrogens is 436 g/mol. The maximum absolute atomic E-state index is 13.8. The summed E-state index contributed by atoms with van der Waals surface area (Å²) in [6.07, 6.45) is 4.11. The third-order valence-electron chi connectivity index (χ3n) is 4.05. The number of nitrogens with zero attached hydrogens (tertiary/aromatic N) is 1. The summed E-state index contributed by atoms with van der Waals surface area (Å²) in [6.45, 7) is 4.28. The molecule has 0 aromatic heterocycles. The number of benzene rings is 1. The molecule has 1 aromatic carbocycles. The summed E-state index contributed by atoms with van der Waals surface area (Å²) in [5.74, 6) is 0.586. The van der Waals surface area contributed by atoms with Crippen LogP contribution in [0.2, 0.25) is 0 Å². The second kappa shape index (κ2) is 11.3. The van der Waals surface area contributed by atoms with Crippen molar-refractivity contribution < 1.29 is 13.9 Å². The molecule has 2 N–H and O–H groups in total. The SMILES string of the molecule is CN=C(NCCC1=CCOCC1)NC(C)c1ccc(OC)c(F)c1.I. The maximum Gasteiger partial charge on any atom is 0.191 e. The minimum absolute atomic E-state index is 0. The standard InChI is InChI=1S/C18H26FN3O2.HI/c1-13(15-4-5-17(23-3)16(19)12-15)22-18(20-2)21-9-6-14-7-10-24-11-8-14;/h4-5,7,12-13H,6,8-11H2,1-3H3,(H2,20,21,22);1H. The number of ether oxygens (including phenoxy) is 2. The molecule has 2 rings (SSSR count). The summed E-state index contributed by atoms with van der Waals surface area (Å²) in [6, 6.07) is 4.89. The lowest BCUT2D eigenvalue weighted by molar-refractivity contribution is 0.153. The van der Waals surface area contributed by atoms with E-state index in [0.717, 1.165) is 31.6 Å². The van der Waals surface area contributed by atoms with Gasteiger partial charge in [-0.15, -0.1) is 24.0 Å². The summed E-state index contributed by atoms with van der Waals surface area (Å²) in [7, 11) is 3.18. The van der Waals surface area contributed by atoms with Crippen LogP contribution in [0, 0.1) is 5.82 Å².